The lowest BCUT2D eigenvalue weighted by atomic mass is 10.0. The Morgan fingerprint density at radius 1 is 0.976 bits per heavy atom. The van der Waals surface area contributed by atoms with Crippen LogP contribution in [0.15, 0.2) is 60.7 Å². The monoisotopic (exact) mass is 599 g/mol. The molecule has 0 unspecified atom stereocenters. The zero-order chi connectivity index (χ0) is 30.0. The van der Waals surface area contributed by atoms with E-state index >= 15 is 13.2 Å². The first-order valence-corrected chi connectivity index (χ1v) is 13.0. The second kappa shape index (κ2) is 12.2. The van der Waals surface area contributed by atoms with Crippen molar-refractivity contribution in [2.45, 2.75) is 19.6 Å². The summed E-state index contributed by atoms with van der Waals surface area (Å²) in [4.78, 5) is 19.8. The normalized spacial score (nSPS) is 11.3. The number of carbonyl (C=O) groups is 1. The summed E-state index contributed by atoms with van der Waals surface area (Å²) in [6.45, 7) is 0.315. The second-order valence-corrected chi connectivity index (χ2v) is 9.71. The molecule has 5 aromatic rings. The van der Waals surface area contributed by atoms with Gasteiger partial charge in [-0.15, -0.1) is 0 Å². The standard InChI is InChI=1S/C30H22ClF4N3O4/c1-41-10-9-38-24-12-17(30(39)40)11-22(33)29(24)37-25(38)14-19-21(32)13-20(28(35)27(19)34)23-3-2-4-26(36-23)42-15-16-5-7-18(31)8-6-16/h2-8,11-13H,9-10,14-15H2,1H3,(H,39,40). The van der Waals surface area contributed by atoms with E-state index in [9.17, 15) is 14.3 Å². The average Bonchev–Trinajstić information content (AvgIpc) is 3.33. The maximum Gasteiger partial charge on any atom is 0.335 e. The number of rotatable bonds is 10. The first-order chi connectivity index (χ1) is 20.2. The van der Waals surface area contributed by atoms with E-state index in [2.05, 4.69) is 9.97 Å². The molecule has 7 nitrogen and oxygen atoms in total. The molecule has 0 aliphatic heterocycles. The molecule has 12 heteroatoms. The van der Waals surface area contributed by atoms with Gasteiger partial charge >= 0.3 is 5.97 Å². The van der Waals surface area contributed by atoms with Gasteiger partial charge in [0.15, 0.2) is 17.5 Å². The number of aromatic nitrogens is 3. The van der Waals surface area contributed by atoms with Crippen LogP contribution in [0.3, 0.4) is 0 Å². The smallest absolute Gasteiger partial charge is 0.335 e. The molecule has 0 aliphatic rings. The van der Waals surface area contributed by atoms with Crippen LogP contribution in [0.4, 0.5) is 17.6 Å². The molecule has 0 spiro atoms. The van der Waals surface area contributed by atoms with Crippen molar-refractivity contribution < 1.29 is 36.9 Å². The fourth-order valence-corrected chi connectivity index (χ4v) is 4.57. The fourth-order valence-electron chi connectivity index (χ4n) is 4.44. The molecule has 0 atom stereocenters. The van der Waals surface area contributed by atoms with Crippen LogP contribution >= 0.6 is 11.6 Å². The molecule has 2 aromatic heterocycles. The van der Waals surface area contributed by atoms with Crippen LogP contribution in [0, 0.1) is 23.3 Å². The van der Waals surface area contributed by atoms with Crippen LogP contribution in [0.25, 0.3) is 22.3 Å². The number of aromatic carboxylic acids is 1. The van der Waals surface area contributed by atoms with E-state index in [1.54, 1.807) is 24.3 Å². The Balaban J connectivity index is 1.48. The number of hydrogen-bond donors (Lipinski definition) is 1. The SMILES string of the molecule is COCCn1c(Cc2c(F)cc(-c3cccc(OCc4ccc(Cl)cc4)n3)c(F)c2F)nc2c(F)cc(C(=O)O)cc21. The molecule has 1 N–H and O–H groups in total. The molecule has 216 valence electrons. The van der Waals surface area contributed by atoms with Gasteiger partial charge in [0.05, 0.1) is 23.4 Å². The summed E-state index contributed by atoms with van der Waals surface area (Å²) in [5.41, 5.74) is -0.740. The predicted octanol–water partition coefficient (Wildman–Crippen LogP) is 6.82. The van der Waals surface area contributed by atoms with Crippen molar-refractivity contribution >= 4 is 28.6 Å². The molecule has 2 heterocycles. The molecule has 0 saturated heterocycles. The van der Waals surface area contributed by atoms with Crippen LogP contribution < -0.4 is 4.74 Å². The van der Waals surface area contributed by atoms with Gasteiger partial charge < -0.3 is 19.1 Å². The van der Waals surface area contributed by atoms with Gasteiger partial charge in [-0.1, -0.05) is 29.8 Å². The number of nitrogens with zero attached hydrogens (tertiary/aromatic N) is 3. The van der Waals surface area contributed by atoms with Gasteiger partial charge in [-0.25, -0.2) is 32.3 Å². The lowest BCUT2D eigenvalue weighted by molar-refractivity contribution is 0.0696. The summed E-state index contributed by atoms with van der Waals surface area (Å²) in [5.74, 6) is -6.06. The van der Waals surface area contributed by atoms with Crippen LogP contribution in [-0.2, 0) is 24.3 Å². The minimum absolute atomic E-state index is 0.0100. The summed E-state index contributed by atoms with van der Waals surface area (Å²) in [6, 6.07) is 14.2. The highest BCUT2D eigenvalue weighted by molar-refractivity contribution is 6.30. The molecule has 42 heavy (non-hydrogen) atoms. The number of hydrogen-bond acceptors (Lipinski definition) is 5. The molecule has 0 bridgehead atoms. The van der Waals surface area contributed by atoms with Crippen molar-refractivity contribution in [1.82, 2.24) is 14.5 Å². The molecule has 5 rings (SSSR count). The molecule has 0 amide bonds. The average molecular weight is 600 g/mol. The number of pyridine rings is 1. The van der Waals surface area contributed by atoms with Gasteiger partial charge in [0.1, 0.15) is 23.8 Å². The molecule has 3 aromatic carbocycles. The van der Waals surface area contributed by atoms with E-state index in [4.69, 9.17) is 21.1 Å². The molecule has 0 aliphatic carbocycles. The molecule has 0 radical (unpaired) electrons. The van der Waals surface area contributed by atoms with Crippen LogP contribution in [-0.4, -0.2) is 39.3 Å². The summed E-state index contributed by atoms with van der Waals surface area (Å²) in [7, 11) is 1.42. The quantitative estimate of drug-likeness (QED) is 0.140. The highest BCUT2D eigenvalue weighted by Gasteiger charge is 2.24. The number of ether oxygens (including phenoxy) is 2. The van der Waals surface area contributed by atoms with Crippen LogP contribution in [0.1, 0.15) is 27.3 Å². The minimum Gasteiger partial charge on any atom is -0.478 e. The summed E-state index contributed by atoms with van der Waals surface area (Å²) < 4.78 is 72.9. The lowest BCUT2D eigenvalue weighted by Gasteiger charge is -2.13. The van der Waals surface area contributed by atoms with Gasteiger partial charge in [0, 0.05) is 42.3 Å². The number of fused-ring (bicyclic) bond motifs is 1. The molecule has 0 saturated carbocycles. The van der Waals surface area contributed by atoms with Crippen molar-refractivity contribution in [1.29, 1.82) is 0 Å². The second-order valence-electron chi connectivity index (χ2n) is 9.27. The summed E-state index contributed by atoms with van der Waals surface area (Å²) in [6.07, 6.45) is -0.549. The number of imidazole rings is 1. The van der Waals surface area contributed by atoms with Gasteiger partial charge in [-0.05, 0) is 42.0 Å². The highest BCUT2D eigenvalue weighted by Crippen LogP contribution is 2.31. The zero-order valence-corrected chi connectivity index (χ0v) is 22.8. The Kier molecular flexibility index (Phi) is 8.41. The van der Waals surface area contributed by atoms with E-state index in [-0.39, 0.29) is 53.8 Å². The van der Waals surface area contributed by atoms with E-state index in [0.29, 0.717) is 5.02 Å². The number of carboxylic acid groups (broad SMARTS) is 1. The fraction of sp³-hybridized carbons (Fsp3) is 0.167. The maximum absolute atomic E-state index is 15.4. The Morgan fingerprint density at radius 3 is 2.45 bits per heavy atom. The largest absolute Gasteiger partial charge is 0.478 e. The third-order valence-electron chi connectivity index (χ3n) is 6.54. The predicted molar refractivity (Wildman–Crippen MR) is 147 cm³/mol. The highest BCUT2D eigenvalue weighted by atomic mass is 35.5. The maximum atomic E-state index is 15.4. The Labute approximate surface area is 241 Å². The third-order valence-corrected chi connectivity index (χ3v) is 6.79. The Morgan fingerprint density at radius 2 is 1.74 bits per heavy atom. The van der Waals surface area contributed by atoms with Gasteiger partial charge in [0.2, 0.25) is 5.88 Å². The van der Waals surface area contributed by atoms with Crippen molar-refractivity contribution in [3.63, 3.8) is 0 Å². The first kappa shape index (κ1) is 29.0. The van der Waals surface area contributed by atoms with Crippen LogP contribution in [0.5, 0.6) is 5.88 Å². The Hall–Kier alpha value is -4.48. The third kappa shape index (κ3) is 5.93. The van der Waals surface area contributed by atoms with Gasteiger partial charge in [-0.2, -0.15) is 0 Å². The van der Waals surface area contributed by atoms with E-state index in [0.717, 1.165) is 17.7 Å². The van der Waals surface area contributed by atoms with Crippen molar-refractivity contribution in [3.8, 4) is 17.1 Å². The summed E-state index contributed by atoms with van der Waals surface area (Å²) >= 11 is 5.89. The van der Waals surface area contributed by atoms with E-state index in [1.165, 1.54) is 35.9 Å². The minimum atomic E-state index is -1.46. The molecule has 0 fully saturated rings. The zero-order valence-electron chi connectivity index (χ0n) is 22.0. The van der Waals surface area contributed by atoms with E-state index < -0.39 is 46.8 Å². The van der Waals surface area contributed by atoms with Crippen molar-refractivity contribution in [3.05, 3.63) is 111 Å². The number of benzene rings is 3. The molecular weight excluding hydrogens is 578 g/mol. The van der Waals surface area contributed by atoms with Crippen LogP contribution in [0.2, 0.25) is 5.02 Å². The van der Waals surface area contributed by atoms with Gasteiger partial charge in [0.25, 0.3) is 0 Å². The topological polar surface area (TPSA) is 86.5 Å². The Bertz CT molecular complexity index is 1790. The number of halogens is 5. The number of methoxy groups -OCH3 is 1. The summed E-state index contributed by atoms with van der Waals surface area (Å²) in [5, 5.41) is 9.89. The van der Waals surface area contributed by atoms with Crippen molar-refractivity contribution in [2.75, 3.05) is 13.7 Å². The number of carboxylic acids is 1. The van der Waals surface area contributed by atoms with Crippen molar-refractivity contribution in [2.24, 2.45) is 0 Å². The van der Waals surface area contributed by atoms with E-state index in [1.807, 2.05) is 0 Å². The van der Waals surface area contributed by atoms with Gasteiger partial charge in [-0.3, -0.25) is 0 Å². The lowest BCUT2D eigenvalue weighted by Crippen LogP contribution is -2.11. The first-order valence-electron chi connectivity index (χ1n) is 12.6. The molecular formula is C30H22ClF4N3O4.